The molecular formula is C20H23N5O6S. The van der Waals surface area contributed by atoms with Gasteiger partial charge in [0.15, 0.2) is 0 Å². The van der Waals surface area contributed by atoms with E-state index in [2.05, 4.69) is 20.3 Å². The third-order valence-corrected chi connectivity index (χ3v) is 5.96. The second kappa shape index (κ2) is 10.1. The van der Waals surface area contributed by atoms with Gasteiger partial charge < -0.3 is 26.2 Å². The number of aromatic nitrogens is 3. The second-order valence-corrected chi connectivity index (χ2v) is 8.45. The number of hydrogen-bond acceptors (Lipinski definition) is 7. The number of carbonyl (C=O) groups excluding carboxylic acids is 1. The Balaban J connectivity index is 1.53. The van der Waals surface area contributed by atoms with Crippen LogP contribution in [-0.2, 0) is 22.4 Å². The molecule has 0 fully saturated rings. The van der Waals surface area contributed by atoms with E-state index in [0.717, 1.165) is 17.0 Å². The molecule has 1 atom stereocenters. The Bertz CT molecular complexity index is 1200. The van der Waals surface area contributed by atoms with Crippen molar-refractivity contribution in [3.63, 3.8) is 0 Å². The molecule has 0 spiro atoms. The van der Waals surface area contributed by atoms with Gasteiger partial charge in [0.1, 0.15) is 11.7 Å². The number of nitrogens with two attached hydrogens (primary N) is 1. The highest BCUT2D eigenvalue weighted by Crippen LogP contribution is 2.20. The number of aliphatic carboxylic acids is 2. The first-order chi connectivity index (χ1) is 15.2. The number of nitrogen functional groups attached to an aromatic ring is 1. The molecule has 0 radical (unpaired) electrons. The Hall–Kier alpha value is -3.67. The number of rotatable bonds is 11. The van der Waals surface area contributed by atoms with E-state index in [1.54, 1.807) is 12.1 Å². The van der Waals surface area contributed by atoms with Crippen molar-refractivity contribution in [1.29, 1.82) is 0 Å². The van der Waals surface area contributed by atoms with Crippen molar-refractivity contribution >= 4 is 46.2 Å². The average Bonchev–Trinajstić information content (AvgIpc) is 3.34. The summed E-state index contributed by atoms with van der Waals surface area (Å²) < 4.78 is 0. The Morgan fingerprint density at radius 1 is 1.16 bits per heavy atom. The first-order valence-corrected chi connectivity index (χ1v) is 10.8. The van der Waals surface area contributed by atoms with E-state index in [-0.39, 0.29) is 30.8 Å². The lowest BCUT2D eigenvalue weighted by molar-refractivity contribution is -0.140. The number of hydrogen-bond donors (Lipinski definition) is 6. The third-order valence-electron chi connectivity index (χ3n) is 4.81. The van der Waals surface area contributed by atoms with E-state index in [1.807, 2.05) is 6.07 Å². The second-order valence-electron chi connectivity index (χ2n) is 7.28. The van der Waals surface area contributed by atoms with E-state index in [1.165, 1.54) is 11.3 Å². The summed E-state index contributed by atoms with van der Waals surface area (Å²) >= 11 is 1.27. The van der Waals surface area contributed by atoms with E-state index in [9.17, 15) is 24.3 Å². The number of fused-ring (bicyclic) bond motifs is 1. The Labute approximate surface area is 185 Å². The lowest BCUT2D eigenvalue weighted by Crippen LogP contribution is -2.40. The summed E-state index contributed by atoms with van der Waals surface area (Å²) in [4.78, 5) is 57.1. The van der Waals surface area contributed by atoms with E-state index in [0.29, 0.717) is 28.8 Å². The molecule has 0 unspecified atom stereocenters. The van der Waals surface area contributed by atoms with Gasteiger partial charge >= 0.3 is 11.9 Å². The van der Waals surface area contributed by atoms with Crippen LogP contribution in [0.25, 0.3) is 11.0 Å². The fourth-order valence-corrected chi connectivity index (χ4v) is 4.21. The smallest absolute Gasteiger partial charge is 0.326 e. The van der Waals surface area contributed by atoms with Crippen molar-refractivity contribution in [2.75, 3.05) is 5.73 Å². The molecule has 3 heterocycles. The van der Waals surface area contributed by atoms with Gasteiger partial charge in [-0.25, -0.2) is 4.79 Å². The van der Waals surface area contributed by atoms with Gasteiger partial charge in [-0.3, -0.25) is 19.4 Å². The molecular weight excluding hydrogens is 438 g/mol. The topological polar surface area (TPSA) is 191 Å². The zero-order chi connectivity index (χ0) is 23.3. The first-order valence-electron chi connectivity index (χ1n) is 9.94. The monoisotopic (exact) mass is 461 g/mol. The molecule has 0 bridgehead atoms. The van der Waals surface area contributed by atoms with Crippen LogP contribution in [0.4, 0.5) is 5.95 Å². The van der Waals surface area contributed by atoms with Crippen LogP contribution in [0, 0.1) is 0 Å². The number of aryl methyl sites for hydroxylation is 2. The van der Waals surface area contributed by atoms with E-state index in [4.69, 9.17) is 10.8 Å². The molecule has 1 amide bonds. The van der Waals surface area contributed by atoms with Gasteiger partial charge in [-0.1, -0.05) is 0 Å². The molecule has 0 aromatic carbocycles. The van der Waals surface area contributed by atoms with E-state index >= 15 is 0 Å². The maximum absolute atomic E-state index is 12.4. The molecule has 170 valence electrons. The Morgan fingerprint density at radius 3 is 2.66 bits per heavy atom. The summed E-state index contributed by atoms with van der Waals surface area (Å²) in [6.07, 6.45) is 2.16. The number of nitrogens with one attached hydrogen (secondary N) is 3. The fourth-order valence-electron chi connectivity index (χ4n) is 3.26. The lowest BCUT2D eigenvalue weighted by atomic mass is 10.1. The molecule has 3 rings (SSSR count). The number of carboxylic acids is 2. The number of thiophene rings is 1. The minimum atomic E-state index is -1.20. The van der Waals surface area contributed by atoms with Gasteiger partial charge in [0.05, 0.1) is 10.3 Å². The summed E-state index contributed by atoms with van der Waals surface area (Å²) in [5, 5.41) is 20.8. The standard InChI is InChI=1S/C20H23N5O6S/c21-20-24-16-12(17(28)25-20)9-10(22-16)3-1-4-11-7-8-14(32-11)18(29)23-13(19(30)31)5-2-6-15(26)27/h7-9,13H,1-6H2,(H,23,29)(H,26,27)(H,30,31)(H4,21,22,24,25,28)/t13-/m0/s1. The number of carboxylic acid groups (broad SMARTS) is 2. The molecule has 3 aromatic heterocycles. The maximum atomic E-state index is 12.4. The molecule has 0 aliphatic carbocycles. The van der Waals surface area contributed by atoms with Crippen LogP contribution in [0.15, 0.2) is 23.0 Å². The molecule has 0 saturated carbocycles. The van der Waals surface area contributed by atoms with E-state index < -0.39 is 23.9 Å². The van der Waals surface area contributed by atoms with Gasteiger partial charge in [-0.15, -0.1) is 11.3 Å². The number of carbonyl (C=O) groups is 3. The number of nitrogens with zero attached hydrogens (tertiary/aromatic N) is 1. The first kappa shape index (κ1) is 23.0. The zero-order valence-corrected chi connectivity index (χ0v) is 17.8. The highest BCUT2D eigenvalue weighted by Gasteiger charge is 2.21. The predicted octanol–water partition coefficient (Wildman–Crippen LogP) is 1.51. The highest BCUT2D eigenvalue weighted by atomic mass is 32.1. The van der Waals surface area contributed by atoms with Gasteiger partial charge in [0, 0.05) is 17.0 Å². The van der Waals surface area contributed by atoms with Crippen LogP contribution in [0.5, 0.6) is 0 Å². The van der Waals surface area contributed by atoms with Crippen LogP contribution in [-0.4, -0.2) is 49.1 Å². The fraction of sp³-hybridized carbons (Fsp3) is 0.350. The molecule has 12 heteroatoms. The summed E-state index contributed by atoms with van der Waals surface area (Å²) in [6, 6.07) is 4.06. The molecule has 0 saturated heterocycles. The summed E-state index contributed by atoms with van der Waals surface area (Å²) in [5.74, 6) is -2.66. The van der Waals surface area contributed by atoms with Crippen molar-refractivity contribution in [3.8, 4) is 0 Å². The largest absolute Gasteiger partial charge is 0.481 e. The third kappa shape index (κ3) is 5.94. The minimum Gasteiger partial charge on any atom is -0.481 e. The average molecular weight is 462 g/mol. The van der Waals surface area contributed by atoms with Crippen molar-refractivity contribution in [2.24, 2.45) is 0 Å². The van der Waals surface area contributed by atoms with Crippen molar-refractivity contribution < 1.29 is 24.6 Å². The van der Waals surface area contributed by atoms with Crippen molar-refractivity contribution in [1.82, 2.24) is 20.3 Å². The summed E-state index contributed by atoms with van der Waals surface area (Å²) in [6.45, 7) is 0. The SMILES string of the molecule is Nc1nc2[nH]c(CCCc3ccc(C(=O)N[C@@H](CCCC(=O)O)C(=O)O)s3)cc2c(=O)[nH]1. The zero-order valence-electron chi connectivity index (χ0n) is 17.0. The molecule has 0 aliphatic heterocycles. The van der Waals surface area contributed by atoms with Crippen LogP contribution < -0.4 is 16.6 Å². The number of anilines is 1. The number of H-pyrrole nitrogens is 2. The molecule has 3 aromatic rings. The number of aromatic amines is 2. The lowest BCUT2D eigenvalue weighted by Gasteiger charge is -2.13. The summed E-state index contributed by atoms with van der Waals surface area (Å²) in [7, 11) is 0. The molecule has 11 nitrogen and oxygen atoms in total. The van der Waals surface area contributed by atoms with Gasteiger partial charge in [0.25, 0.3) is 11.5 Å². The van der Waals surface area contributed by atoms with Crippen molar-refractivity contribution in [2.45, 2.75) is 44.6 Å². The molecule has 7 N–H and O–H groups in total. The molecule has 0 aliphatic rings. The van der Waals surface area contributed by atoms with Gasteiger partial charge in [-0.05, 0) is 50.3 Å². The Kier molecular flexibility index (Phi) is 7.25. The van der Waals surface area contributed by atoms with Crippen LogP contribution >= 0.6 is 11.3 Å². The highest BCUT2D eigenvalue weighted by molar-refractivity contribution is 7.14. The van der Waals surface area contributed by atoms with Crippen LogP contribution in [0.3, 0.4) is 0 Å². The number of amides is 1. The Morgan fingerprint density at radius 2 is 1.94 bits per heavy atom. The predicted molar refractivity (Wildman–Crippen MR) is 118 cm³/mol. The van der Waals surface area contributed by atoms with Gasteiger partial charge in [-0.2, -0.15) is 4.98 Å². The van der Waals surface area contributed by atoms with Crippen molar-refractivity contribution in [3.05, 3.63) is 44.0 Å². The maximum Gasteiger partial charge on any atom is 0.326 e. The van der Waals surface area contributed by atoms with Crippen LogP contribution in [0.2, 0.25) is 0 Å². The van der Waals surface area contributed by atoms with Gasteiger partial charge in [0.2, 0.25) is 5.95 Å². The minimum absolute atomic E-state index is 0.0411. The quantitative estimate of drug-likeness (QED) is 0.247. The molecule has 32 heavy (non-hydrogen) atoms. The normalized spacial score (nSPS) is 12.0. The van der Waals surface area contributed by atoms with Crippen LogP contribution in [0.1, 0.15) is 45.9 Å². The summed E-state index contributed by atoms with van der Waals surface area (Å²) in [5.41, 5.74) is 6.53.